The maximum absolute atomic E-state index is 16.3. The third-order valence-electron chi connectivity index (χ3n) is 7.92. The lowest BCUT2D eigenvalue weighted by atomic mass is 9.88. The third-order valence-corrected chi connectivity index (χ3v) is 9.58. The Kier molecular flexibility index (Phi) is 7.47. The second-order valence-electron chi connectivity index (χ2n) is 11.4. The number of nitrogens with zero attached hydrogens (tertiary/aromatic N) is 1. The molecule has 1 saturated carbocycles. The lowest BCUT2D eigenvalue weighted by Crippen LogP contribution is -2.48. The Morgan fingerprint density at radius 3 is 2.26 bits per heavy atom. The minimum Gasteiger partial charge on any atom is -0.386 e. The summed E-state index contributed by atoms with van der Waals surface area (Å²) in [5, 5.41) is 11.2. The number of amides is 2. The first-order valence-corrected chi connectivity index (χ1v) is 15.7. The molecule has 1 unspecified atom stereocenters. The van der Waals surface area contributed by atoms with E-state index >= 15 is 4.39 Å². The van der Waals surface area contributed by atoms with Gasteiger partial charge in [-0.3, -0.25) is 14.5 Å². The summed E-state index contributed by atoms with van der Waals surface area (Å²) < 4.78 is 48.4. The molecule has 0 radical (unpaired) electrons. The van der Waals surface area contributed by atoms with E-state index in [2.05, 4.69) is 0 Å². The second-order valence-corrected chi connectivity index (χ2v) is 14.3. The molecule has 2 aliphatic rings. The van der Waals surface area contributed by atoms with Crippen molar-refractivity contribution >= 4 is 44.9 Å². The Labute approximate surface area is 253 Å². The SMILES string of the molecule is CC(C)(O)c1cc(F)c2c(c1)C(=O)N(Cc1ccc(Cl)cc1S(C)(=O)=O)C2(OCC1(C(N)=O)CC1)c1ccc(Cl)cc1. The molecule has 8 nitrogen and oxygen atoms in total. The average Bonchev–Trinajstić information content (AvgIpc) is 3.65. The number of carbonyl (C=O) groups is 2. The monoisotopic (exact) mass is 634 g/mol. The summed E-state index contributed by atoms with van der Waals surface area (Å²) in [7, 11) is -3.81. The molecule has 0 bridgehead atoms. The van der Waals surface area contributed by atoms with E-state index in [1.54, 1.807) is 24.3 Å². The van der Waals surface area contributed by atoms with Crippen LogP contribution in [-0.4, -0.2) is 43.1 Å². The van der Waals surface area contributed by atoms with Gasteiger partial charge >= 0.3 is 0 Å². The summed E-state index contributed by atoms with van der Waals surface area (Å²) in [6.07, 6.45) is 1.93. The van der Waals surface area contributed by atoms with Crippen LogP contribution in [0.4, 0.5) is 4.39 Å². The van der Waals surface area contributed by atoms with Gasteiger partial charge in [-0.2, -0.15) is 0 Å². The molecule has 1 heterocycles. The largest absolute Gasteiger partial charge is 0.386 e. The first kappa shape index (κ1) is 30.4. The Balaban J connectivity index is 1.79. The minimum atomic E-state index is -3.81. The molecule has 222 valence electrons. The molecule has 1 fully saturated rings. The number of fused-ring (bicyclic) bond motifs is 1. The second kappa shape index (κ2) is 10.3. The number of nitrogens with two attached hydrogens (primary N) is 1. The van der Waals surface area contributed by atoms with Crippen molar-refractivity contribution < 1.29 is 32.2 Å². The number of rotatable bonds is 9. The molecule has 12 heteroatoms. The van der Waals surface area contributed by atoms with Gasteiger partial charge in [-0.15, -0.1) is 0 Å². The number of sulfone groups is 1. The van der Waals surface area contributed by atoms with E-state index in [0.717, 1.165) is 12.3 Å². The highest BCUT2D eigenvalue weighted by molar-refractivity contribution is 7.90. The van der Waals surface area contributed by atoms with Crippen LogP contribution in [0.3, 0.4) is 0 Å². The summed E-state index contributed by atoms with van der Waals surface area (Å²) in [4.78, 5) is 27.7. The van der Waals surface area contributed by atoms with E-state index < -0.39 is 44.2 Å². The molecule has 0 aromatic heterocycles. The van der Waals surface area contributed by atoms with Gasteiger partial charge in [0.05, 0.1) is 40.2 Å². The third kappa shape index (κ3) is 5.20. The zero-order valence-electron chi connectivity index (χ0n) is 23.1. The Bertz CT molecular complexity index is 1720. The number of carbonyl (C=O) groups excluding carboxylic acids is 2. The highest BCUT2D eigenvalue weighted by Gasteiger charge is 2.58. The van der Waals surface area contributed by atoms with Gasteiger partial charge in [-0.1, -0.05) is 41.4 Å². The van der Waals surface area contributed by atoms with Crippen molar-refractivity contribution in [2.24, 2.45) is 11.1 Å². The number of ether oxygens (including phenoxy) is 1. The standard InChI is InChI=1S/C30H29Cl2FN2O6S/c1-28(2,38)19-12-22-25(23(33)13-19)30(18-5-8-20(31)9-6-18,41-16-29(10-11-29)27(34)37)35(26(22)36)15-17-4-7-21(32)14-24(17)42(3,39)40/h4-9,12-14,38H,10-11,15-16H2,1-3H3,(H2,34,37). The van der Waals surface area contributed by atoms with Crippen molar-refractivity contribution in [1.82, 2.24) is 4.90 Å². The first-order chi connectivity index (χ1) is 19.5. The van der Waals surface area contributed by atoms with Gasteiger partial charge in [0.25, 0.3) is 5.91 Å². The first-order valence-electron chi connectivity index (χ1n) is 13.1. The van der Waals surface area contributed by atoms with Crippen LogP contribution in [0.5, 0.6) is 0 Å². The molecule has 1 aliphatic heterocycles. The molecule has 3 aromatic carbocycles. The van der Waals surface area contributed by atoms with Gasteiger partial charge in [0.2, 0.25) is 5.91 Å². The van der Waals surface area contributed by atoms with Crippen LogP contribution in [0.1, 0.15) is 59.3 Å². The molecule has 3 aromatic rings. The molecule has 2 amide bonds. The van der Waals surface area contributed by atoms with Gasteiger partial charge in [-0.05, 0) is 74.2 Å². The zero-order chi connectivity index (χ0) is 30.8. The fourth-order valence-electron chi connectivity index (χ4n) is 5.32. The van der Waals surface area contributed by atoms with Crippen LogP contribution in [0.15, 0.2) is 59.5 Å². The van der Waals surface area contributed by atoms with E-state index in [0.29, 0.717) is 23.4 Å². The van der Waals surface area contributed by atoms with Gasteiger partial charge in [0, 0.05) is 21.9 Å². The van der Waals surface area contributed by atoms with Crippen molar-refractivity contribution in [3.8, 4) is 0 Å². The maximum atomic E-state index is 16.3. The molecular weight excluding hydrogens is 606 g/mol. The number of hydrogen-bond acceptors (Lipinski definition) is 6. The minimum absolute atomic E-state index is 0.0825. The average molecular weight is 636 g/mol. The summed E-state index contributed by atoms with van der Waals surface area (Å²) >= 11 is 12.3. The van der Waals surface area contributed by atoms with Gasteiger partial charge in [0.15, 0.2) is 15.6 Å². The van der Waals surface area contributed by atoms with Crippen molar-refractivity contribution in [2.75, 3.05) is 12.9 Å². The van der Waals surface area contributed by atoms with Crippen molar-refractivity contribution in [2.45, 2.75) is 49.5 Å². The molecule has 0 spiro atoms. The summed E-state index contributed by atoms with van der Waals surface area (Å²) in [5.74, 6) is -2.10. The van der Waals surface area contributed by atoms with Crippen LogP contribution in [0.2, 0.25) is 10.0 Å². The number of aliphatic hydroxyl groups is 1. The smallest absolute Gasteiger partial charge is 0.257 e. The van der Waals surface area contributed by atoms with Crippen LogP contribution >= 0.6 is 23.2 Å². The molecule has 1 aliphatic carbocycles. The van der Waals surface area contributed by atoms with Gasteiger partial charge in [-0.25, -0.2) is 12.8 Å². The fraction of sp³-hybridized carbons (Fsp3) is 0.333. The molecular formula is C30H29Cl2FN2O6S. The molecule has 0 saturated heterocycles. The molecule has 1 atom stereocenters. The normalized spacial score (nSPS) is 19.6. The van der Waals surface area contributed by atoms with Crippen molar-refractivity contribution in [3.63, 3.8) is 0 Å². The fourth-order valence-corrected chi connectivity index (χ4v) is 6.63. The van der Waals surface area contributed by atoms with Crippen molar-refractivity contribution in [3.05, 3.63) is 98.3 Å². The summed E-state index contributed by atoms with van der Waals surface area (Å²) in [6.45, 7) is 2.35. The topological polar surface area (TPSA) is 127 Å². The number of primary amides is 1. The van der Waals surface area contributed by atoms with E-state index in [1.807, 2.05) is 0 Å². The maximum Gasteiger partial charge on any atom is 0.257 e. The quantitative estimate of drug-likeness (QED) is 0.345. The van der Waals surface area contributed by atoms with Crippen LogP contribution in [0.25, 0.3) is 0 Å². The van der Waals surface area contributed by atoms with Crippen LogP contribution in [-0.2, 0) is 37.2 Å². The predicted octanol–water partition coefficient (Wildman–Crippen LogP) is 4.90. The van der Waals surface area contributed by atoms with Gasteiger partial charge in [0.1, 0.15) is 5.82 Å². The number of hydrogen-bond donors (Lipinski definition) is 2. The summed E-state index contributed by atoms with van der Waals surface area (Å²) in [5.41, 5.74) is 1.68. The Morgan fingerprint density at radius 2 is 1.71 bits per heavy atom. The van der Waals surface area contributed by atoms with E-state index in [1.165, 1.54) is 43.0 Å². The van der Waals surface area contributed by atoms with Gasteiger partial charge < -0.3 is 15.6 Å². The van der Waals surface area contributed by atoms with E-state index in [-0.39, 0.29) is 45.3 Å². The highest BCUT2D eigenvalue weighted by Crippen LogP contribution is 2.52. The number of halogens is 3. The van der Waals surface area contributed by atoms with Crippen LogP contribution in [0, 0.1) is 11.2 Å². The number of benzene rings is 3. The predicted molar refractivity (Wildman–Crippen MR) is 155 cm³/mol. The molecule has 42 heavy (non-hydrogen) atoms. The highest BCUT2D eigenvalue weighted by atomic mass is 35.5. The molecule has 5 rings (SSSR count). The summed E-state index contributed by atoms with van der Waals surface area (Å²) in [6, 6.07) is 13.0. The Hall–Kier alpha value is -3.02. The lowest BCUT2D eigenvalue weighted by Gasteiger charge is -2.40. The van der Waals surface area contributed by atoms with E-state index in [9.17, 15) is 23.1 Å². The zero-order valence-corrected chi connectivity index (χ0v) is 25.4. The molecule has 3 N–H and O–H groups in total. The van der Waals surface area contributed by atoms with E-state index in [4.69, 9.17) is 33.7 Å². The van der Waals surface area contributed by atoms with Crippen molar-refractivity contribution in [1.29, 1.82) is 0 Å². The lowest BCUT2D eigenvalue weighted by molar-refractivity contribution is -0.142. The van der Waals surface area contributed by atoms with Crippen LogP contribution < -0.4 is 5.73 Å². The Morgan fingerprint density at radius 1 is 1.10 bits per heavy atom.